The number of nitrogens with zero attached hydrogens (tertiary/aromatic N) is 2. The van der Waals surface area contributed by atoms with Crippen molar-refractivity contribution < 1.29 is 29.0 Å². The number of carbonyl (C=O) groups excluding carboxylic acids is 3. The summed E-state index contributed by atoms with van der Waals surface area (Å²) >= 11 is 0. The fourth-order valence-corrected chi connectivity index (χ4v) is 7.64. The van der Waals surface area contributed by atoms with Gasteiger partial charge in [0.2, 0.25) is 5.91 Å². The van der Waals surface area contributed by atoms with Gasteiger partial charge in [-0.2, -0.15) is 0 Å². The smallest absolute Gasteiger partial charge is 0.312 e. The second-order valence-electron chi connectivity index (χ2n) is 12.1. The van der Waals surface area contributed by atoms with Gasteiger partial charge < -0.3 is 24.4 Å². The van der Waals surface area contributed by atoms with Gasteiger partial charge in [0.05, 0.1) is 30.8 Å². The van der Waals surface area contributed by atoms with E-state index in [2.05, 4.69) is 13.2 Å². The zero-order chi connectivity index (χ0) is 31.1. The van der Waals surface area contributed by atoms with Crippen LogP contribution in [0.3, 0.4) is 0 Å². The van der Waals surface area contributed by atoms with Crippen LogP contribution >= 0.6 is 0 Å². The number of fused-ring (bicyclic) bond motifs is 2. The van der Waals surface area contributed by atoms with Crippen molar-refractivity contribution in [1.29, 1.82) is 0 Å². The number of hydrogen-bond donors (Lipinski definition) is 1. The van der Waals surface area contributed by atoms with Crippen LogP contribution in [0.1, 0.15) is 37.8 Å². The largest absolute Gasteiger partial charge is 0.465 e. The SMILES string of the molecule is C=CCCOC(=O)[C@@H]1[C@H]2C(=O)N([C@H](CO)c3ccccc3)C(C(=O)N(CC=C)c3ccc4ccccc4c3)C23CC[C@@]1(C)O3. The lowest BCUT2D eigenvalue weighted by Crippen LogP contribution is -2.57. The molecule has 8 nitrogen and oxygen atoms in total. The van der Waals surface area contributed by atoms with Gasteiger partial charge >= 0.3 is 5.97 Å². The zero-order valence-corrected chi connectivity index (χ0v) is 24.9. The summed E-state index contributed by atoms with van der Waals surface area (Å²) in [5.74, 6) is -3.09. The monoisotopic (exact) mass is 594 g/mol. The highest BCUT2D eigenvalue weighted by Crippen LogP contribution is 2.64. The average Bonchev–Trinajstić information content (AvgIpc) is 3.61. The van der Waals surface area contributed by atoms with Crippen LogP contribution in [0.2, 0.25) is 0 Å². The number of likely N-dealkylation sites (tertiary alicyclic amines) is 1. The third-order valence-electron chi connectivity index (χ3n) is 9.58. The van der Waals surface area contributed by atoms with Gasteiger partial charge in [0.25, 0.3) is 5.91 Å². The van der Waals surface area contributed by atoms with Gasteiger partial charge in [-0.15, -0.1) is 13.2 Å². The Morgan fingerprint density at radius 3 is 2.50 bits per heavy atom. The Kier molecular flexibility index (Phi) is 7.90. The van der Waals surface area contributed by atoms with E-state index in [1.54, 1.807) is 17.1 Å². The number of rotatable bonds is 11. The third kappa shape index (κ3) is 4.64. The van der Waals surface area contributed by atoms with Crippen molar-refractivity contribution in [3.05, 3.63) is 104 Å². The maximum absolute atomic E-state index is 15.0. The van der Waals surface area contributed by atoms with Crippen molar-refractivity contribution >= 4 is 34.2 Å². The lowest BCUT2D eigenvalue weighted by atomic mass is 9.66. The molecule has 0 saturated carbocycles. The zero-order valence-electron chi connectivity index (χ0n) is 24.9. The van der Waals surface area contributed by atoms with E-state index in [1.165, 1.54) is 4.90 Å². The van der Waals surface area contributed by atoms with E-state index in [9.17, 15) is 19.5 Å². The first-order valence-corrected chi connectivity index (χ1v) is 15.2. The first-order chi connectivity index (χ1) is 21.3. The maximum atomic E-state index is 15.0. The van der Waals surface area contributed by atoms with Gasteiger partial charge in [0.15, 0.2) is 0 Å². The predicted molar refractivity (Wildman–Crippen MR) is 168 cm³/mol. The average molecular weight is 595 g/mol. The van der Waals surface area contributed by atoms with E-state index in [4.69, 9.17) is 9.47 Å². The highest BCUT2D eigenvalue weighted by atomic mass is 16.6. The van der Waals surface area contributed by atoms with Crippen LogP contribution in [0.25, 0.3) is 10.8 Å². The van der Waals surface area contributed by atoms with Crippen molar-refractivity contribution in [1.82, 2.24) is 4.90 Å². The molecule has 8 heteroatoms. The van der Waals surface area contributed by atoms with Gasteiger partial charge in [0.1, 0.15) is 17.6 Å². The van der Waals surface area contributed by atoms with E-state index < -0.39 is 53.6 Å². The molecule has 2 amide bonds. The van der Waals surface area contributed by atoms with Crippen molar-refractivity contribution in [3.63, 3.8) is 0 Å². The summed E-state index contributed by atoms with van der Waals surface area (Å²) in [5.41, 5.74) is -0.905. The van der Waals surface area contributed by atoms with E-state index >= 15 is 0 Å². The molecule has 6 atom stereocenters. The summed E-state index contributed by atoms with van der Waals surface area (Å²) in [6, 6.07) is 20.9. The molecule has 3 fully saturated rings. The highest BCUT2D eigenvalue weighted by molar-refractivity contribution is 6.06. The Hall–Kier alpha value is -4.27. The number of aliphatic hydroxyl groups excluding tert-OH is 1. The first kappa shape index (κ1) is 29.8. The van der Waals surface area contributed by atoms with Crippen molar-refractivity contribution in [3.8, 4) is 0 Å². The van der Waals surface area contributed by atoms with E-state index in [-0.39, 0.29) is 19.1 Å². The fourth-order valence-electron chi connectivity index (χ4n) is 7.64. The van der Waals surface area contributed by atoms with Gasteiger partial charge in [-0.25, -0.2) is 0 Å². The van der Waals surface area contributed by atoms with Crippen LogP contribution in [0.4, 0.5) is 5.69 Å². The summed E-state index contributed by atoms with van der Waals surface area (Å²) in [7, 11) is 0. The third-order valence-corrected chi connectivity index (χ3v) is 9.58. The Morgan fingerprint density at radius 2 is 1.80 bits per heavy atom. The molecule has 6 rings (SSSR count). The molecule has 3 aliphatic heterocycles. The molecular formula is C36H38N2O6. The van der Waals surface area contributed by atoms with Gasteiger partial charge in [-0.3, -0.25) is 14.4 Å². The molecule has 2 unspecified atom stereocenters. The van der Waals surface area contributed by atoms with Crippen LogP contribution in [-0.2, 0) is 23.9 Å². The molecule has 0 aliphatic carbocycles. The van der Waals surface area contributed by atoms with Crippen LogP contribution < -0.4 is 4.90 Å². The minimum absolute atomic E-state index is 0.146. The van der Waals surface area contributed by atoms with Gasteiger partial charge in [-0.1, -0.05) is 72.8 Å². The summed E-state index contributed by atoms with van der Waals surface area (Å²) in [4.78, 5) is 46.4. The number of ether oxygens (including phenoxy) is 2. The number of aliphatic hydroxyl groups is 1. The maximum Gasteiger partial charge on any atom is 0.312 e. The molecule has 228 valence electrons. The lowest BCUT2D eigenvalue weighted by molar-refractivity contribution is -0.160. The summed E-state index contributed by atoms with van der Waals surface area (Å²) < 4.78 is 12.4. The molecule has 3 aromatic carbocycles. The summed E-state index contributed by atoms with van der Waals surface area (Å²) in [6.45, 7) is 9.36. The standard InChI is InChI=1S/C36H38N2O6/c1-4-6-21-43-34(42)30-29-32(40)38(28(23-39)25-13-8-7-9-14-25)31(36(29)19-18-35(30,3)44-36)33(41)37(20-5-2)27-17-16-24-12-10-11-15-26(24)22-27/h4-5,7-17,22,28-31,39H,1-2,6,18-21,23H2,3H3/t28-,29+,30+,31?,35-,36?/m1/s1. The molecule has 3 heterocycles. The number of carbonyl (C=O) groups is 3. The molecular weight excluding hydrogens is 556 g/mol. The van der Waals surface area contributed by atoms with Gasteiger partial charge in [-0.05, 0) is 54.7 Å². The van der Waals surface area contributed by atoms with Gasteiger partial charge in [0, 0.05) is 12.2 Å². The molecule has 1 N–H and O–H groups in total. The summed E-state index contributed by atoms with van der Waals surface area (Å²) in [5, 5.41) is 12.8. The molecule has 3 saturated heterocycles. The van der Waals surface area contributed by atoms with Crippen molar-refractivity contribution in [2.45, 2.75) is 49.5 Å². The van der Waals surface area contributed by atoms with Crippen molar-refractivity contribution in [2.24, 2.45) is 11.8 Å². The molecule has 0 radical (unpaired) electrons. The Labute approximate surface area is 257 Å². The molecule has 3 aliphatic rings. The minimum Gasteiger partial charge on any atom is -0.465 e. The fraction of sp³-hybridized carbons (Fsp3) is 0.361. The number of amides is 2. The molecule has 44 heavy (non-hydrogen) atoms. The Morgan fingerprint density at radius 1 is 1.07 bits per heavy atom. The highest BCUT2D eigenvalue weighted by Gasteiger charge is 2.79. The summed E-state index contributed by atoms with van der Waals surface area (Å²) in [6.07, 6.45) is 4.70. The number of anilines is 1. The second-order valence-corrected chi connectivity index (χ2v) is 12.1. The van der Waals surface area contributed by atoms with E-state index in [1.807, 2.05) is 79.7 Å². The molecule has 0 aromatic heterocycles. The predicted octanol–water partition coefficient (Wildman–Crippen LogP) is 4.98. The van der Waals surface area contributed by atoms with E-state index in [0.717, 1.165) is 10.8 Å². The second kappa shape index (κ2) is 11.7. The molecule has 1 spiro atoms. The van der Waals surface area contributed by atoms with Crippen LogP contribution in [0.5, 0.6) is 0 Å². The lowest BCUT2D eigenvalue weighted by Gasteiger charge is -2.39. The van der Waals surface area contributed by atoms with E-state index in [0.29, 0.717) is 30.5 Å². The topological polar surface area (TPSA) is 96.4 Å². The quantitative estimate of drug-likeness (QED) is 0.191. The van der Waals surface area contributed by atoms with Crippen LogP contribution in [0.15, 0.2) is 98.1 Å². The number of benzene rings is 3. The van der Waals surface area contributed by atoms with Crippen LogP contribution in [-0.4, -0.2) is 64.8 Å². The first-order valence-electron chi connectivity index (χ1n) is 15.2. The van der Waals surface area contributed by atoms with Crippen molar-refractivity contribution in [2.75, 3.05) is 24.7 Å². The number of hydrogen-bond acceptors (Lipinski definition) is 6. The minimum atomic E-state index is -1.27. The molecule has 2 bridgehead atoms. The Balaban J connectivity index is 1.48. The normalized spacial score (nSPS) is 27.6. The Bertz CT molecular complexity index is 1610. The van der Waals surface area contributed by atoms with Crippen LogP contribution in [0, 0.1) is 11.8 Å². The molecule has 3 aromatic rings. The number of esters is 1.